The van der Waals surface area contributed by atoms with Crippen LogP contribution in [0.2, 0.25) is 0 Å². The number of aromatic nitrogens is 2. The van der Waals surface area contributed by atoms with Crippen LogP contribution in [0.1, 0.15) is 25.6 Å². The van der Waals surface area contributed by atoms with Gasteiger partial charge in [-0.05, 0) is 20.8 Å². The molecule has 142 valence electrons. The zero-order valence-electron chi connectivity index (χ0n) is 15.0. The molecule has 0 atom stereocenters. The molecule has 0 aliphatic carbocycles. The highest BCUT2D eigenvalue weighted by molar-refractivity contribution is 14.0. The van der Waals surface area contributed by atoms with Crippen LogP contribution in [0, 0.1) is 6.92 Å². The Hall–Kier alpha value is -1.59. The van der Waals surface area contributed by atoms with Crippen LogP contribution in [0.25, 0.3) is 0 Å². The molecule has 1 aliphatic rings. The number of halogens is 1. The van der Waals surface area contributed by atoms with E-state index < -0.39 is 0 Å². The lowest BCUT2D eigenvalue weighted by atomic mass is 10.3. The molecule has 1 aromatic rings. The highest BCUT2D eigenvalue weighted by Gasteiger charge is 2.23. The number of amides is 1. The van der Waals surface area contributed by atoms with Crippen LogP contribution < -0.4 is 5.32 Å². The lowest BCUT2D eigenvalue weighted by molar-refractivity contribution is 0.0914. The molecular formula is C15H27IN6O3. The first-order chi connectivity index (χ1) is 11.6. The average Bonchev–Trinajstić information content (AvgIpc) is 3.00. The van der Waals surface area contributed by atoms with E-state index in [0.29, 0.717) is 44.4 Å². The van der Waals surface area contributed by atoms with Crippen LogP contribution in [0.15, 0.2) is 9.52 Å². The minimum atomic E-state index is -0.245. The summed E-state index contributed by atoms with van der Waals surface area (Å²) >= 11 is 0. The fourth-order valence-electron chi connectivity index (χ4n) is 2.44. The molecular weight excluding hydrogens is 439 g/mol. The molecule has 1 amide bonds. The molecule has 0 unspecified atom stereocenters. The van der Waals surface area contributed by atoms with E-state index in [9.17, 15) is 4.79 Å². The highest BCUT2D eigenvalue weighted by Crippen LogP contribution is 2.05. The Morgan fingerprint density at radius 1 is 1.28 bits per heavy atom. The smallest absolute Gasteiger partial charge is 0.409 e. The first-order valence-corrected chi connectivity index (χ1v) is 8.38. The molecule has 1 aromatic heterocycles. The maximum Gasteiger partial charge on any atom is 0.409 e. The van der Waals surface area contributed by atoms with Crippen LogP contribution in [0.5, 0.6) is 0 Å². The molecule has 2 heterocycles. The Kier molecular flexibility index (Phi) is 9.53. The molecule has 10 heteroatoms. The Morgan fingerprint density at radius 2 is 1.96 bits per heavy atom. The van der Waals surface area contributed by atoms with Crippen LogP contribution in [-0.4, -0.2) is 77.9 Å². The van der Waals surface area contributed by atoms with Crippen molar-refractivity contribution in [2.45, 2.75) is 27.2 Å². The van der Waals surface area contributed by atoms with Crippen molar-refractivity contribution in [3.05, 3.63) is 11.7 Å². The molecule has 25 heavy (non-hydrogen) atoms. The van der Waals surface area contributed by atoms with Gasteiger partial charge in [-0.25, -0.2) is 4.79 Å². The van der Waals surface area contributed by atoms with Gasteiger partial charge in [0.1, 0.15) is 0 Å². The predicted octanol–water partition coefficient (Wildman–Crippen LogP) is 1.28. The second kappa shape index (κ2) is 11.1. The number of rotatable bonds is 5. The summed E-state index contributed by atoms with van der Waals surface area (Å²) in [6.45, 7) is 10.1. The number of guanidine groups is 1. The number of hydrogen-bond donors (Lipinski definition) is 1. The third-order valence-corrected chi connectivity index (χ3v) is 3.60. The molecule has 0 aromatic carbocycles. The fraction of sp³-hybridized carbons (Fsp3) is 0.733. The summed E-state index contributed by atoms with van der Waals surface area (Å²) in [6, 6.07) is 0. The predicted molar refractivity (Wildman–Crippen MR) is 104 cm³/mol. The van der Waals surface area contributed by atoms with E-state index in [4.69, 9.17) is 9.26 Å². The normalized spacial score (nSPS) is 14.9. The van der Waals surface area contributed by atoms with Crippen molar-refractivity contribution in [3.63, 3.8) is 0 Å². The van der Waals surface area contributed by atoms with Crippen LogP contribution in [-0.2, 0) is 11.2 Å². The van der Waals surface area contributed by atoms with Crippen molar-refractivity contribution in [1.29, 1.82) is 0 Å². The van der Waals surface area contributed by atoms with Crippen LogP contribution >= 0.6 is 24.0 Å². The molecule has 1 N–H and O–H groups in total. The Labute approximate surface area is 165 Å². The molecule has 0 radical (unpaired) electrons. The van der Waals surface area contributed by atoms with Crippen molar-refractivity contribution in [3.8, 4) is 0 Å². The third-order valence-electron chi connectivity index (χ3n) is 3.60. The number of hydrogen-bond acceptors (Lipinski definition) is 6. The monoisotopic (exact) mass is 466 g/mol. The molecule has 1 fully saturated rings. The minimum Gasteiger partial charge on any atom is -0.450 e. The van der Waals surface area contributed by atoms with Gasteiger partial charge in [0, 0.05) is 39.1 Å². The van der Waals surface area contributed by atoms with Gasteiger partial charge >= 0.3 is 6.09 Å². The fourth-order valence-corrected chi connectivity index (χ4v) is 2.44. The number of piperazine rings is 1. The Morgan fingerprint density at radius 3 is 2.52 bits per heavy atom. The highest BCUT2D eigenvalue weighted by atomic mass is 127. The standard InChI is InChI=1S/C15H26N6O3.HI/c1-4-16-14(17-7-6-13-18-12(3)19-24-13)20-8-10-21(11-9-20)15(22)23-5-2;/h4-11H2,1-3H3,(H,16,17);1H. The van der Waals surface area contributed by atoms with Crippen LogP contribution in [0.3, 0.4) is 0 Å². The summed E-state index contributed by atoms with van der Waals surface area (Å²) in [5.74, 6) is 2.08. The SMILES string of the molecule is CCNC(=NCCc1nc(C)no1)N1CCN(C(=O)OCC)CC1.I. The van der Waals surface area contributed by atoms with Crippen molar-refractivity contribution in [1.82, 2.24) is 25.3 Å². The lowest BCUT2D eigenvalue weighted by Gasteiger charge is -2.35. The molecule has 1 aliphatic heterocycles. The van der Waals surface area contributed by atoms with Crippen molar-refractivity contribution in [2.75, 3.05) is 45.9 Å². The number of aryl methyl sites for hydroxylation is 1. The van der Waals surface area contributed by atoms with E-state index in [2.05, 4.69) is 25.3 Å². The van der Waals surface area contributed by atoms with Crippen molar-refractivity contribution < 1.29 is 14.1 Å². The van der Waals surface area contributed by atoms with Gasteiger partial charge in [-0.15, -0.1) is 24.0 Å². The van der Waals surface area contributed by atoms with E-state index in [1.165, 1.54) is 0 Å². The zero-order chi connectivity index (χ0) is 17.4. The molecule has 0 saturated carbocycles. The van der Waals surface area contributed by atoms with Gasteiger partial charge in [-0.2, -0.15) is 4.98 Å². The van der Waals surface area contributed by atoms with E-state index in [1.807, 2.05) is 13.8 Å². The number of ether oxygens (including phenoxy) is 1. The third kappa shape index (κ3) is 6.67. The summed E-state index contributed by atoms with van der Waals surface area (Å²) in [5, 5.41) is 7.06. The Balaban J connectivity index is 0.00000312. The molecule has 9 nitrogen and oxygen atoms in total. The van der Waals surface area contributed by atoms with Crippen molar-refractivity contribution in [2.24, 2.45) is 4.99 Å². The first kappa shape index (κ1) is 21.5. The van der Waals surface area contributed by atoms with E-state index in [0.717, 1.165) is 25.6 Å². The summed E-state index contributed by atoms with van der Waals surface area (Å²) < 4.78 is 10.1. The number of carbonyl (C=O) groups is 1. The number of nitrogens with one attached hydrogen (secondary N) is 1. The molecule has 2 rings (SSSR count). The van der Waals surface area contributed by atoms with Gasteiger partial charge < -0.3 is 24.4 Å². The largest absolute Gasteiger partial charge is 0.450 e. The number of carbonyl (C=O) groups excluding carboxylic acids is 1. The van der Waals surface area contributed by atoms with Crippen LogP contribution in [0.4, 0.5) is 4.79 Å². The quantitative estimate of drug-likeness (QED) is 0.397. The molecule has 1 saturated heterocycles. The average molecular weight is 466 g/mol. The van der Waals surface area contributed by atoms with E-state index in [1.54, 1.807) is 11.8 Å². The minimum absolute atomic E-state index is 0. The van der Waals surface area contributed by atoms with Gasteiger partial charge in [0.25, 0.3) is 0 Å². The Bertz CT molecular complexity index is 557. The van der Waals surface area contributed by atoms with Gasteiger partial charge in [0.05, 0.1) is 13.2 Å². The first-order valence-electron chi connectivity index (χ1n) is 8.38. The summed E-state index contributed by atoms with van der Waals surface area (Å²) in [5.41, 5.74) is 0. The lowest BCUT2D eigenvalue weighted by Crippen LogP contribution is -2.54. The second-order valence-corrected chi connectivity index (χ2v) is 5.39. The maximum atomic E-state index is 11.7. The van der Waals surface area contributed by atoms with Gasteiger partial charge in [0.2, 0.25) is 5.89 Å². The summed E-state index contributed by atoms with van der Waals surface area (Å²) in [7, 11) is 0. The second-order valence-electron chi connectivity index (χ2n) is 5.39. The van der Waals surface area contributed by atoms with E-state index >= 15 is 0 Å². The number of nitrogens with zero attached hydrogens (tertiary/aromatic N) is 5. The maximum absolute atomic E-state index is 11.7. The van der Waals surface area contributed by atoms with Gasteiger partial charge in [-0.3, -0.25) is 4.99 Å². The van der Waals surface area contributed by atoms with Gasteiger partial charge in [-0.1, -0.05) is 5.16 Å². The summed E-state index contributed by atoms with van der Waals surface area (Å²) in [4.78, 5) is 24.4. The zero-order valence-corrected chi connectivity index (χ0v) is 17.4. The van der Waals surface area contributed by atoms with E-state index in [-0.39, 0.29) is 30.1 Å². The van der Waals surface area contributed by atoms with Crippen molar-refractivity contribution >= 4 is 36.0 Å². The number of aliphatic imine (C=N–C) groups is 1. The van der Waals surface area contributed by atoms with Gasteiger partial charge in [0.15, 0.2) is 11.8 Å². The molecule has 0 bridgehead atoms. The molecule has 0 spiro atoms. The topological polar surface area (TPSA) is 96.1 Å². The summed E-state index contributed by atoms with van der Waals surface area (Å²) in [6.07, 6.45) is 0.365.